The molecule has 0 rings (SSSR count). The van der Waals surface area contributed by atoms with Gasteiger partial charge in [-0.25, -0.2) is 4.39 Å². The molecule has 0 aromatic carbocycles. The summed E-state index contributed by atoms with van der Waals surface area (Å²) in [5.41, 5.74) is 3.44. The summed E-state index contributed by atoms with van der Waals surface area (Å²) in [6.45, 7) is 8.10. The molecule has 0 aliphatic heterocycles. The van der Waals surface area contributed by atoms with Crippen molar-refractivity contribution >= 4 is 15.9 Å². The van der Waals surface area contributed by atoms with Crippen LogP contribution in [0.15, 0.2) is 34.7 Å². The van der Waals surface area contributed by atoms with Crippen molar-refractivity contribution in [3.05, 3.63) is 34.7 Å². The van der Waals surface area contributed by atoms with Crippen LogP contribution in [-0.4, -0.2) is 5.33 Å². The topological polar surface area (TPSA) is 0 Å². The normalized spacial score (nSPS) is 13.4. The largest absolute Gasteiger partial charge is 0.212 e. The first kappa shape index (κ1) is 16.6. The molecule has 0 aromatic heterocycles. The number of alkyl halides is 1. The van der Waals surface area contributed by atoms with Gasteiger partial charge in [-0.15, -0.1) is 0 Å². The molecule has 0 nitrogen and oxygen atoms in total. The fraction of sp³-hybridized carbons (Fsp3) is 0.600. The summed E-state index contributed by atoms with van der Waals surface area (Å²) in [7, 11) is 0. The van der Waals surface area contributed by atoms with Crippen LogP contribution in [0.4, 0.5) is 4.39 Å². The number of rotatable bonds is 7. The summed E-state index contributed by atoms with van der Waals surface area (Å²) >= 11 is 3.35. The summed E-state index contributed by atoms with van der Waals surface area (Å²) < 4.78 is 13.7. The first-order valence-electron chi connectivity index (χ1n) is 6.16. The lowest BCUT2D eigenvalue weighted by atomic mass is 10.1. The van der Waals surface area contributed by atoms with Crippen LogP contribution in [-0.2, 0) is 0 Å². The Morgan fingerprint density at radius 1 is 1.00 bits per heavy atom. The second kappa shape index (κ2) is 9.64. The minimum atomic E-state index is 0.0643. The minimum absolute atomic E-state index is 0.0643. The minimum Gasteiger partial charge on any atom is -0.212 e. The maximum absolute atomic E-state index is 13.7. The van der Waals surface area contributed by atoms with E-state index in [4.69, 9.17) is 0 Å². The zero-order chi connectivity index (χ0) is 13.3. The maximum Gasteiger partial charge on any atom is 0.0992 e. The highest BCUT2D eigenvalue weighted by Crippen LogP contribution is 2.19. The van der Waals surface area contributed by atoms with E-state index in [0.29, 0.717) is 6.42 Å². The predicted molar refractivity (Wildman–Crippen MR) is 79.3 cm³/mol. The Bertz CT molecular complexity index is 307. The highest BCUT2D eigenvalue weighted by atomic mass is 79.9. The van der Waals surface area contributed by atoms with Crippen LogP contribution in [0.2, 0.25) is 0 Å². The van der Waals surface area contributed by atoms with E-state index in [1.807, 2.05) is 13.8 Å². The van der Waals surface area contributed by atoms with Crippen molar-refractivity contribution in [1.29, 1.82) is 0 Å². The molecule has 0 amide bonds. The molecular weight excluding hydrogens is 279 g/mol. The molecule has 0 bridgehead atoms. The highest BCUT2D eigenvalue weighted by molar-refractivity contribution is 9.09. The van der Waals surface area contributed by atoms with Gasteiger partial charge in [0, 0.05) is 11.8 Å². The second-order valence-electron chi connectivity index (χ2n) is 4.71. The standard InChI is InChI=1S/C15H24BrF/c1-12(2)6-5-7-14(4)15(17)9-8-13(3)10-11-16/h6,10H,5,7-9,11H2,1-4H3/b13-10+,15-14-. The molecule has 0 N–H and O–H groups in total. The van der Waals surface area contributed by atoms with Crippen LogP contribution in [0, 0.1) is 0 Å². The lowest BCUT2D eigenvalue weighted by Crippen LogP contribution is -1.86. The SMILES string of the molecule is CC(C)=CCC/C(C)=C(\F)CC/C(C)=C/CBr. The smallest absolute Gasteiger partial charge is 0.0992 e. The summed E-state index contributed by atoms with van der Waals surface area (Å²) in [6.07, 6.45) is 7.38. The Kier molecular flexibility index (Phi) is 9.43. The molecule has 0 spiro atoms. The molecular formula is C15H24BrF. The van der Waals surface area contributed by atoms with Gasteiger partial charge in [0.25, 0.3) is 0 Å². The number of hydrogen-bond acceptors (Lipinski definition) is 0. The second-order valence-corrected chi connectivity index (χ2v) is 5.36. The third kappa shape index (κ3) is 9.34. The fourth-order valence-electron chi connectivity index (χ4n) is 1.47. The molecule has 0 saturated carbocycles. The predicted octanol–water partition coefficient (Wildman–Crippen LogP) is 6.10. The molecule has 0 saturated heterocycles. The van der Waals surface area contributed by atoms with E-state index < -0.39 is 0 Å². The van der Waals surface area contributed by atoms with Crippen molar-refractivity contribution in [3.8, 4) is 0 Å². The molecule has 0 aromatic rings. The third-order valence-electron chi connectivity index (χ3n) is 2.70. The summed E-state index contributed by atoms with van der Waals surface area (Å²) in [6, 6.07) is 0. The molecule has 2 heteroatoms. The average Bonchev–Trinajstić information content (AvgIpc) is 2.25. The molecule has 0 heterocycles. The van der Waals surface area contributed by atoms with Gasteiger partial charge in [0.1, 0.15) is 0 Å². The number of hydrogen-bond donors (Lipinski definition) is 0. The quantitative estimate of drug-likeness (QED) is 0.394. The van der Waals surface area contributed by atoms with E-state index in [9.17, 15) is 4.39 Å². The molecule has 0 radical (unpaired) electrons. The number of halogens is 2. The van der Waals surface area contributed by atoms with Gasteiger partial charge in [0.15, 0.2) is 0 Å². The van der Waals surface area contributed by atoms with Crippen LogP contribution in [0.3, 0.4) is 0 Å². The van der Waals surface area contributed by atoms with E-state index in [-0.39, 0.29) is 5.83 Å². The van der Waals surface area contributed by atoms with Gasteiger partial charge in [-0.1, -0.05) is 39.2 Å². The van der Waals surface area contributed by atoms with Gasteiger partial charge in [-0.3, -0.25) is 0 Å². The van der Waals surface area contributed by atoms with Gasteiger partial charge in [-0.2, -0.15) is 0 Å². The first-order valence-corrected chi connectivity index (χ1v) is 7.28. The Morgan fingerprint density at radius 3 is 2.18 bits per heavy atom. The zero-order valence-electron chi connectivity index (χ0n) is 11.4. The van der Waals surface area contributed by atoms with Crippen LogP contribution >= 0.6 is 15.9 Å². The van der Waals surface area contributed by atoms with Crippen LogP contribution in [0.25, 0.3) is 0 Å². The van der Waals surface area contributed by atoms with Crippen molar-refractivity contribution in [3.63, 3.8) is 0 Å². The van der Waals surface area contributed by atoms with Crippen molar-refractivity contribution in [2.75, 3.05) is 5.33 Å². The molecule has 0 aliphatic carbocycles. The van der Waals surface area contributed by atoms with E-state index in [2.05, 4.69) is 41.9 Å². The van der Waals surface area contributed by atoms with Gasteiger partial charge in [-0.05, 0) is 52.5 Å². The van der Waals surface area contributed by atoms with Crippen molar-refractivity contribution < 1.29 is 4.39 Å². The fourth-order valence-corrected chi connectivity index (χ4v) is 2.02. The van der Waals surface area contributed by atoms with Crippen molar-refractivity contribution in [1.82, 2.24) is 0 Å². The Hall–Kier alpha value is -0.370. The van der Waals surface area contributed by atoms with E-state index in [1.54, 1.807) is 0 Å². The van der Waals surface area contributed by atoms with Crippen molar-refractivity contribution in [2.24, 2.45) is 0 Å². The van der Waals surface area contributed by atoms with Gasteiger partial charge in [0.05, 0.1) is 5.83 Å². The summed E-state index contributed by atoms with van der Waals surface area (Å²) in [4.78, 5) is 0. The van der Waals surface area contributed by atoms with Crippen LogP contribution in [0.1, 0.15) is 53.4 Å². The van der Waals surface area contributed by atoms with Gasteiger partial charge >= 0.3 is 0 Å². The lowest BCUT2D eigenvalue weighted by Gasteiger charge is -2.04. The van der Waals surface area contributed by atoms with Gasteiger partial charge in [0.2, 0.25) is 0 Å². The van der Waals surface area contributed by atoms with Crippen LogP contribution < -0.4 is 0 Å². The molecule has 98 valence electrons. The Labute approximate surface area is 114 Å². The summed E-state index contributed by atoms with van der Waals surface area (Å²) in [5, 5.41) is 0.851. The maximum atomic E-state index is 13.7. The molecule has 17 heavy (non-hydrogen) atoms. The number of allylic oxidation sites excluding steroid dienone is 6. The molecule has 0 unspecified atom stereocenters. The van der Waals surface area contributed by atoms with E-state index in [1.165, 1.54) is 11.1 Å². The van der Waals surface area contributed by atoms with Gasteiger partial charge < -0.3 is 0 Å². The summed E-state index contributed by atoms with van der Waals surface area (Å²) in [5.74, 6) is 0.0643. The Morgan fingerprint density at radius 2 is 1.65 bits per heavy atom. The highest BCUT2D eigenvalue weighted by Gasteiger charge is 2.02. The Balaban J connectivity index is 4.12. The zero-order valence-corrected chi connectivity index (χ0v) is 13.0. The third-order valence-corrected chi connectivity index (χ3v) is 3.02. The molecule has 0 aliphatic rings. The van der Waals surface area contributed by atoms with Crippen LogP contribution in [0.5, 0.6) is 0 Å². The molecule has 0 atom stereocenters. The van der Waals surface area contributed by atoms with E-state index in [0.717, 1.165) is 30.2 Å². The first-order chi connectivity index (χ1) is 7.97. The van der Waals surface area contributed by atoms with Crippen molar-refractivity contribution in [2.45, 2.75) is 53.4 Å². The average molecular weight is 303 g/mol. The molecule has 0 fully saturated rings. The monoisotopic (exact) mass is 302 g/mol. The van der Waals surface area contributed by atoms with E-state index >= 15 is 0 Å². The lowest BCUT2D eigenvalue weighted by molar-refractivity contribution is 0.568.